The van der Waals surface area contributed by atoms with Gasteiger partial charge in [-0.15, -0.1) is 0 Å². The smallest absolute Gasteiger partial charge is 0.160 e. The number of phenols is 1. The van der Waals surface area contributed by atoms with Crippen LogP contribution < -0.4 is 5.73 Å². The second kappa shape index (κ2) is 4.85. The third-order valence-corrected chi connectivity index (χ3v) is 3.24. The minimum Gasteiger partial charge on any atom is -0.506 e. The van der Waals surface area contributed by atoms with Gasteiger partial charge < -0.3 is 15.4 Å². The summed E-state index contributed by atoms with van der Waals surface area (Å²) in [5, 5.41) is 9.78. The number of aryl methyl sites for hydroxylation is 1. The lowest BCUT2D eigenvalue weighted by Crippen LogP contribution is -2.01. The zero-order valence-corrected chi connectivity index (χ0v) is 11.2. The van der Waals surface area contributed by atoms with Crippen molar-refractivity contribution in [2.45, 2.75) is 19.9 Å². The largest absolute Gasteiger partial charge is 0.506 e. The Balaban J connectivity index is 2.23. The topological polar surface area (TPSA) is 77.0 Å². The predicted molar refractivity (Wildman–Crippen MR) is 79.3 cm³/mol. The maximum atomic E-state index is 9.78. The molecule has 0 atom stereocenters. The SMILES string of the molecule is CCCn1c(-c2ccc(N)c(O)c2)nc2cccnc21. The van der Waals surface area contributed by atoms with Crippen LogP contribution in [0.15, 0.2) is 36.5 Å². The van der Waals surface area contributed by atoms with Gasteiger partial charge in [-0.3, -0.25) is 0 Å². The van der Waals surface area contributed by atoms with E-state index in [-0.39, 0.29) is 5.75 Å². The highest BCUT2D eigenvalue weighted by molar-refractivity contribution is 5.78. The number of benzene rings is 1. The van der Waals surface area contributed by atoms with Crippen LogP contribution in [0, 0.1) is 0 Å². The Labute approximate surface area is 116 Å². The lowest BCUT2D eigenvalue weighted by Gasteiger charge is -2.08. The van der Waals surface area contributed by atoms with Gasteiger partial charge in [-0.05, 0) is 36.8 Å². The van der Waals surface area contributed by atoms with Crippen LogP contribution in [0.4, 0.5) is 5.69 Å². The van der Waals surface area contributed by atoms with E-state index in [1.54, 1.807) is 18.3 Å². The van der Waals surface area contributed by atoms with Gasteiger partial charge in [-0.1, -0.05) is 6.92 Å². The van der Waals surface area contributed by atoms with Crippen molar-refractivity contribution in [2.24, 2.45) is 0 Å². The molecule has 0 amide bonds. The van der Waals surface area contributed by atoms with E-state index >= 15 is 0 Å². The number of aromatic nitrogens is 3. The fourth-order valence-corrected chi connectivity index (χ4v) is 2.30. The zero-order chi connectivity index (χ0) is 14.1. The van der Waals surface area contributed by atoms with Crippen LogP contribution in [0.3, 0.4) is 0 Å². The van der Waals surface area contributed by atoms with Crippen molar-refractivity contribution in [1.29, 1.82) is 0 Å². The van der Waals surface area contributed by atoms with Crippen LogP contribution in [0.2, 0.25) is 0 Å². The van der Waals surface area contributed by atoms with E-state index in [1.807, 2.05) is 18.2 Å². The molecule has 3 rings (SSSR count). The lowest BCUT2D eigenvalue weighted by molar-refractivity contribution is 0.478. The van der Waals surface area contributed by atoms with Crippen molar-refractivity contribution in [3.8, 4) is 17.1 Å². The molecule has 0 aliphatic carbocycles. The number of nitrogens with two attached hydrogens (primary N) is 1. The van der Waals surface area contributed by atoms with E-state index in [0.29, 0.717) is 5.69 Å². The molecule has 0 aliphatic heterocycles. The molecule has 1 aromatic carbocycles. The molecule has 5 nitrogen and oxygen atoms in total. The molecule has 2 heterocycles. The second-order valence-electron chi connectivity index (χ2n) is 4.71. The average Bonchev–Trinajstić information content (AvgIpc) is 2.82. The number of pyridine rings is 1. The molecule has 0 saturated heterocycles. The number of nitrogen functional groups attached to an aromatic ring is 1. The van der Waals surface area contributed by atoms with Gasteiger partial charge in [0.1, 0.15) is 17.1 Å². The van der Waals surface area contributed by atoms with Crippen LogP contribution in [0.5, 0.6) is 5.75 Å². The molecule has 3 aromatic rings. The molecule has 0 aliphatic rings. The molecule has 2 aromatic heterocycles. The van der Waals surface area contributed by atoms with Crippen molar-refractivity contribution >= 4 is 16.9 Å². The van der Waals surface area contributed by atoms with E-state index < -0.39 is 0 Å². The minimum absolute atomic E-state index is 0.0746. The normalized spacial score (nSPS) is 11.1. The second-order valence-corrected chi connectivity index (χ2v) is 4.71. The number of hydrogen-bond acceptors (Lipinski definition) is 4. The number of aromatic hydroxyl groups is 1. The Bertz CT molecular complexity index is 764. The van der Waals surface area contributed by atoms with Crippen LogP contribution >= 0.6 is 0 Å². The zero-order valence-electron chi connectivity index (χ0n) is 11.2. The van der Waals surface area contributed by atoms with Crippen molar-refractivity contribution in [2.75, 3.05) is 5.73 Å². The van der Waals surface area contributed by atoms with Crippen molar-refractivity contribution in [3.05, 3.63) is 36.5 Å². The Kier molecular flexibility index (Phi) is 3.02. The molecule has 5 heteroatoms. The van der Waals surface area contributed by atoms with Gasteiger partial charge >= 0.3 is 0 Å². The summed E-state index contributed by atoms with van der Waals surface area (Å²) in [5.74, 6) is 0.876. The van der Waals surface area contributed by atoms with Gasteiger partial charge in [-0.2, -0.15) is 0 Å². The summed E-state index contributed by atoms with van der Waals surface area (Å²) in [6, 6.07) is 9.00. The predicted octanol–water partition coefficient (Wildman–Crippen LogP) is 2.80. The lowest BCUT2D eigenvalue weighted by atomic mass is 10.2. The fourth-order valence-electron chi connectivity index (χ4n) is 2.30. The van der Waals surface area contributed by atoms with E-state index in [2.05, 4.69) is 21.5 Å². The van der Waals surface area contributed by atoms with Crippen molar-refractivity contribution in [3.63, 3.8) is 0 Å². The van der Waals surface area contributed by atoms with Gasteiger partial charge in [0.15, 0.2) is 5.65 Å². The molecule has 0 saturated carbocycles. The van der Waals surface area contributed by atoms with E-state index in [0.717, 1.165) is 35.5 Å². The average molecular weight is 268 g/mol. The molecular formula is C15H16N4O. The van der Waals surface area contributed by atoms with Gasteiger partial charge in [0.2, 0.25) is 0 Å². The Morgan fingerprint density at radius 3 is 2.90 bits per heavy atom. The first-order chi connectivity index (χ1) is 9.70. The number of hydrogen-bond donors (Lipinski definition) is 2. The number of imidazole rings is 1. The van der Waals surface area contributed by atoms with Crippen LogP contribution in [-0.4, -0.2) is 19.6 Å². The third kappa shape index (κ3) is 1.97. The molecule has 20 heavy (non-hydrogen) atoms. The number of anilines is 1. The van der Waals surface area contributed by atoms with E-state index in [9.17, 15) is 5.11 Å². The number of fused-ring (bicyclic) bond motifs is 1. The number of nitrogens with zero attached hydrogens (tertiary/aromatic N) is 3. The minimum atomic E-state index is 0.0746. The van der Waals surface area contributed by atoms with Gasteiger partial charge in [0.05, 0.1) is 5.69 Å². The monoisotopic (exact) mass is 268 g/mol. The van der Waals surface area contributed by atoms with Gasteiger partial charge in [0.25, 0.3) is 0 Å². The highest BCUT2D eigenvalue weighted by Crippen LogP contribution is 2.29. The van der Waals surface area contributed by atoms with Crippen LogP contribution in [0.1, 0.15) is 13.3 Å². The molecule has 0 spiro atoms. The van der Waals surface area contributed by atoms with E-state index in [4.69, 9.17) is 5.73 Å². The maximum Gasteiger partial charge on any atom is 0.160 e. The standard InChI is InChI=1S/C15H16N4O/c1-2-8-19-14(10-5-6-11(16)13(20)9-10)18-12-4-3-7-17-15(12)19/h3-7,9,20H,2,8,16H2,1H3. The Morgan fingerprint density at radius 2 is 2.15 bits per heavy atom. The highest BCUT2D eigenvalue weighted by atomic mass is 16.3. The third-order valence-electron chi connectivity index (χ3n) is 3.24. The van der Waals surface area contributed by atoms with Crippen molar-refractivity contribution < 1.29 is 5.11 Å². The first kappa shape index (κ1) is 12.5. The van der Waals surface area contributed by atoms with Gasteiger partial charge in [-0.25, -0.2) is 9.97 Å². The molecule has 0 bridgehead atoms. The highest BCUT2D eigenvalue weighted by Gasteiger charge is 2.13. The van der Waals surface area contributed by atoms with Crippen LogP contribution in [0.25, 0.3) is 22.6 Å². The first-order valence-electron chi connectivity index (χ1n) is 6.61. The quantitative estimate of drug-likeness (QED) is 0.565. The van der Waals surface area contributed by atoms with Crippen LogP contribution in [-0.2, 0) is 6.54 Å². The summed E-state index contributed by atoms with van der Waals surface area (Å²) in [4.78, 5) is 9.02. The molecule has 3 N–H and O–H groups in total. The van der Waals surface area contributed by atoms with Gasteiger partial charge in [0, 0.05) is 18.3 Å². The summed E-state index contributed by atoms with van der Waals surface area (Å²) < 4.78 is 2.07. The van der Waals surface area contributed by atoms with E-state index in [1.165, 1.54) is 0 Å². The first-order valence-corrected chi connectivity index (χ1v) is 6.61. The molecule has 0 unspecified atom stereocenters. The summed E-state index contributed by atoms with van der Waals surface area (Å²) in [6.07, 6.45) is 2.75. The molecule has 102 valence electrons. The maximum absolute atomic E-state index is 9.78. The number of phenolic OH excluding ortho intramolecular Hbond substituents is 1. The summed E-state index contributed by atoms with van der Waals surface area (Å²) in [5.41, 5.74) is 8.57. The Morgan fingerprint density at radius 1 is 1.30 bits per heavy atom. The molecular weight excluding hydrogens is 252 g/mol. The summed E-state index contributed by atoms with van der Waals surface area (Å²) >= 11 is 0. The van der Waals surface area contributed by atoms with Crippen molar-refractivity contribution in [1.82, 2.24) is 14.5 Å². The molecule has 0 fully saturated rings. The number of rotatable bonds is 3. The summed E-state index contributed by atoms with van der Waals surface area (Å²) in [6.45, 7) is 2.94. The Hall–Kier alpha value is -2.56. The fraction of sp³-hybridized carbons (Fsp3) is 0.200. The summed E-state index contributed by atoms with van der Waals surface area (Å²) in [7, 11) is 0. The molecule has 0 radical (unpaired) electrons.